The van der Waals surface area contributed by atoms with Gasteiger partial charge in [0, 0.05) is 0 Å². The van der Waals surface area contributed by atoms with Crippen LogP contribution in [0.2, 0.25) is 0 Å². The van der Waals surface area contributed by atoms with Gasteiger partial charge in [-0.05, 0) is 69.2 Å². The summed E-state index contributed by atoms with van der Waals surface area (Å²) in [6.45, 7) is 7.18. The predicted octanol–water partition coefficient (Wildman–Crippen LogP) is 3.17. The number of carbonyl (C=O) groups is 2. The van der Waals surface area contributed by atoms with Crippen LogP contribution in [0.15, 0.2) is 48.7 Å². The Morgan fingerprint density at radius 3 is 2.47 bits per heavy atom. The first-order chi connectivity index (χ1) is 14.3. The van der Waals surface area contributed by atoms with Gasteiger partial charge in [-0.1, -0.05) is 12.1 Å². The van der Waals surface area contributed by atoms with Crippen molar-refractivity contribution >= 4 is 11.8 Å². The highest BCUT2D eigenvalue weighted by molar-refractivity contribution is 5.96. The van der Waals surface area contributed by atoms with Gasteiger partial charge in [0.05, 0.1) is 23.1 Å². The Morgan fingerprint density at radius 1 is 1.07 bits per heavy atom. The van der Waals surface area contributed by atoms with Gasteiger partial charge in [-0.2, -0.15) is 5.10 Å². The number of benzene rings is 2. The van der Waals surface area contributed by atoms with Crippen LogP contribution in [0.3, 0.4) is 0 Å². The van der Waals surface area contributed by atoms with Gasteiger partial charge < -0.3 is 4.74 Å². The first kappa shape index (κ1) is 21.0. The number of aromatic nitrogens is 2. The molecule has 8 heteroatoms. The zero-order valence-electron chi connectivity index (χ0n) is 17.2. The zero-order chi connectivity index (χ0) is 21.8. The number of hydrogen-bond donors (Lipinski definition) is 2. The molecule has 0 aliphatic carbocycles. The van der Waals surface area contributed by atoms with Gasteiger partial charge in [-0.25, -0.2) is 9.07 Å². The normalized spacial score (nSPS) is 11.6. The Morgan fingerprint density at radius 2 is 1.77 bits per heavy atom. The van der Waals surface area contributed by atoms with Gasteiger partial charge in [-0.3, -0.25) is 20.4 Å². The van der Waals surface area contributed by atoms with E-state index in [4.69, 9.17) is 4.74 Å². The molecule has 1 atom stereocenters. The topological polar surface area (TPSA) is 85.2 Å². The molecule has 0 spiro atoms. The molecule has 0 aliphatic rings. The monoisotopic (exact) mass is 410 g/mol. The third-order valence-corrected chi connectivity index (χ3v) is 4.85. The van der Waals surface area contributed by atoms with E-state index < -0.39 is 17.9 Å². The summed E-state index contributed by atoms with van der Waals surface area (Å²) in [7, 11) is 0. The molecule has 0 bridgehead atoms. The number of hydrazine groups is 1. The standard InChI is InChI=1S/C22H23FN4O3/c1-13-6-5-7-20(14(13)2)30-16(4)21(28)25-26-22(29)19-12-24-27(15(19)3)18-10-8-17(23)9-11-18/h5-12,16H,1-4H3,(H,25,28)(H,26,29). The maximum absolute atomic E-state index is 13.1. The summed E-state index contributed by atoms with van der Waals surface area (Å²) in [6.07, 6.45) is 0.574. The molecule has 2 amide bonds. The predicted molar refractivity (Wildman–Crippen MR) is 110 cm³/mol. The van der Waals surface area contributed by atoms with Gasteiger partial charge in [0.25, 0.3) is 11.8 Å². The molecule has 2 aromatic carbocycles. The number of amides is 2. The van der Waals surface area contributed by atoms with Crippen LogP contribution in [0.25, 0.3) is 5.69 Å². The highest BCUT2D eigenvalue weighted by Gasteiger charge is 2.19. The number of nitrogens with zero attached hydrogens (tertiary/aromatic N) is 2. The van der Waals surface area contributed by atoms with Gasteiger partial charge in [0.1, 0.15) is 11.6 Å². The van der Waals surface area contributed by atoms with Crippen LogP contribution in [0.5, 0.6) is 5.75 Å². The first-order valence-electron chi connectivity index (χ1n) is 9.41. The van der Waals surface area contributed by atoms with Crippen molar-refractivity contribution < 1.29 is 18.7 Å². The maximum atomic E-state index is 13.1. The van der Waals surface area contributed by atoms with Crippen LogP contribution in [-0.2, 0) is 4.79 Å². The fraction of sp³-hybridized carbons (Fsp3) is 0.227. The van der Waals surface area contributed by atoms with Crippen LogP contribution in [0, 0.1) is 26.6 Å². The van der Waals surface area contributed by atoms with E-state index in [-0.39, 0.29) is 11.4 Å². The number of nitrogens with one attached hydrogen (secondary N) is 2. The zero-order valence-corrected chi connectivity index (χ0v) is 17.2. The van der Waals surface area contributed by atoms with Crippen molar-refractivity contribution in [3.8, 4) is 11.4 Å². The summed E-state index contributed by atoms with van der Waals surface area (Å²) in [4.78, 5) is 24.8. The van der Waals surface area contributed by atoms with E-state index in [2.05, 4.69) is 16.0 Å². The molecular formula is C22H23FN4O3. The molecule has 2 N–H and O–H groups in total. The number of ether oxygens (including phenoxy) is 1. The third kappa shape index (κ3) is 4.48. The molecular weight excluding hydrogens is 387 g/mol. The van der Waals surface area contributed by atoms with Crippen molar-refractivity contribution in [2.75, 3.05) is 0 Å². The van der Waals surface area contributed by atoms with E-state index in [0.29, 0.717) is 17.1 Å². The van der Waals surface area contributed by atoms with E-state index in [9.17, 15) is 14.0 Å². The summed E-state index contributed by atoms with van der Waals surface area (Å²) in [5.41, 5.74) is 8.20. The number of hydrogen-bond acceptors (Lipinski definition) is 4. The highest BCUT2D eigenvalue weighted by Crippen LogP contribution is 2.21. The Kier molecular flexibility index (Phi) is 6.15. The highest BCUT2D eigenvalue weighted by atomic mass is 19.1. The SMILES string of the molecule is Cc1cccc(OC(C)C(=O)NNC(=O)c2cnn(-c3ccc(F)cc3)c2C)c1C. The molecule has 3 aromatic rings. The summed E-state index contributed by atoms with van der Waals surface area (Å²) in [6, 6.07) is 11.4. The average Bonchev–Trinajstić information content (AvgIpc) is 3.11. The minimum Gasteiger partial charge on any atom is -0.481 e. The van der Waals surface area contributed by atoms with Gasteiger partial charge in [0.15, 0.2) is 6.10 Å². The number of rotatable bonds is 5. The van der Waals surface area contributed by atoms with Gasteiger partial charge >= 0.3 is 0 Å². The van der Waals surface area contributed by atoms with Crippen LogP contribution < -0.4 is 15.6 Å². The second-order valence-electron chi connectivity index (χ2n) is 6.93. The fourth-order valence-electron chi connectivity index (χ4n) is 2.86. The quantitative estimate of drug-likeness (QED) is 0.633. The molecule has 30 heavy (non-hydrogen) atoms. The van der Waals surface area contributed by atoms with Crippen LogP contribution in [0.1, 0.15) is 34.1 Å². The van der Waals surface area contributed by atoms with E-state index in [1.54, 1.807) is 32.0 Å². The van der Waals surface area contributed by atoms with Crippen LogP contribution >= 0.6 is 0 Å². The Labute approximate surface area is 173 Å². The van der Waals surface area contributed by atoms with E-state index in [0.717, 1.165) is 11.1 Å². The molecule has 1 heterocycles. The van der Waals surface area contributed by atoms with Crippen molar-refractivity contribution in [2.45, 2.75) is 33.8 Å². The number of halogens is 1. The second-order valence-corrected chi connectivity index (χ2v) is 6.93. The molecule has 1 aromatic heterocycles. The Bertz CT molecular complexity index is 1080. The lowest BCUT2D eigenvalue weighted by Crippen LogP contribution is -2.47. The fourth-order valence-corrected chi connectivity index (χ4v) is 2.86. The molecule has 1 unspecified atom stereocenters. The minimum atomic E-state index is -0.811. The molecule has 0 fully saturated rings. The largest absolute Gasteiger partial charge is 0.481 e. The Balaban J connectivity index is 1.62. The molecule has 0 radical (unpaired) electrons. The number of aryl methyl sites for hydroxylation is 1. The molecule has 156 valence electrons. The Hall–Kier alpha value is -3.68. The van der Waals surface area contributed by atoms with Gasteiger partial charge in [0.2, 0.25) is 0 Å². The maximum Gasteiger partial charge on any atom is 0.279 e. The van der Waals surface area contributed by atoms with Crippen LogP contribution in [0.4, 0.5) is 4.39 Å². The van der Waals surface area contributed by atoms with Crippen molar-refractivity contribution in [3.05, 3.63) is 76.9 Å². The second kappa shape index (κ2) is 8.77. The minimum absolute atomic E-state index is 0.280. The molecule has 0 saturated carbocycles. The average molecular weight is 410 g/mol. The molecule has 0 saturated heterocycles. The lowest BCUT2D eigenvalue weighted by molar-refractivity contribution is -0.128. The molecule has 0 aliphatic heterocycles. The summed E-state index contributed by atoms with van der Waals surface area (Å²) in [5, 5.41) is 4.17. The smallest absolute Gasteiger partial charge is 0.279 e. The van der Waals surface area contributed by atoms with Crippen molar-refractivity contribution in [3.63, 3.8) is 0 Å². The van der Waals surface area contributed by atoms with E-state index in [1.807, 2.05) is 26.0 Å². The first-order valence-corrected chi connectivity index (χ1v) is 9.41. The molecule has 7 nitrogen and oxygen atoms in total. The third-order valence-electron chi connectivity index (χ3n) is 4.85. The lowest BCUT2D eigenvalue weighted by atomic mass is 10.1. The summed E-state index contributed by atoms with van der Waals surface area (Å²) < 4.78 is 20.3. The lowest BCUT2D eigenvalue weighted by Gasteiger charge is -2.17. The van der Waals surface area contributed by atoms with Crippen molar-refractivity contribution in [2.24, 2.45) is 0 Å². The van der Waals surface area contributed by atoms with E-state index >= 15 is 0 Å². The molecule has 3 rings (SSSR count). The number of carbonyl (C=O) groups excluding carboxylic acids is 2. The van der Waals surface area contributed by atoms with Gasteiger partial charge in [-0.15, -0.1) is 0 Å². The van der Waals surface area contributed by atoms with Crippen molar-refractivity contribution in [1.82, 2.24) is 20.6 Å². The van der Waals surface area contributed by atoms with E-state index in [1.165, 1.54) is 23.0 Å². The summed E-state index contributed by atoms with van der Waals surface area (Å²) in [5.74, 6) is -0.761. The van der Waals surface area contributed by atoms with Crippen molar-refractivity contribution in [1.29, 1.82) is 0 Å². The summed E-state index contributed by atoms with van der Waals surface area (Å²) >= 11 is 0. The van der Waals surface area contributed by atoms with Crippen LogP contribution in [-0.4, -0.2) is 27.7 Å².